The van der Waals surface area contributed by atoms with E-state index < -0.39 is 13.7 Å². The van der Waals surface area contributed by atoms with Gasteiger partial charge >= 0.3 is 7.60 Å². The van der Waals surface area contributed by atoms with Crippen molar-refractivity contribution in [1.82, 2.24) is 0 Å². The fourth-order valence-electron chi connectivity index (χ4n) is 1.01. The van der Waals surface area contributed by atoms with Crippen LogP contribution >= 0.6 is 7.60 Å². The summed E-state index contributed by atoms with van der Waals surface area (Å²) in [5, 5.41) is 9.45. The van der Waals surface area contributed by atoms with Gasteiger partial charge in [-0.25, -0.2) is 0 Å². The molecule has 0 aromatic rings. The summed E-state index contributed by atoms with van der Waals surface area (Å²) in [6, 6.07) is 0. The number of aliphatic hydroxyl groups excluding tert-OH is 1. The summed E-state index contributed by atoms with van der Waals surface area (Å²) in [6.07, 6.45) is 2.08. The van der Waals surface area contributed by atoms with E-state index in [0.717, 1.165) is 12.8 Å². The van der Waals surface area contributed by atoms with Crippen molar-refractivity contribution in [3.8, 4) is 0 Å². The lowest BCUT2D eigenvalue weighted by atomic mass is 10.2. The predicted octanol–water partition coefficient (Wildman–Crippen LogP) is 2.02. The van der Waals surface area contributed by atoms with Crippen molar-refractivity contribution in [3.63, 3.8) is 0 Å². The molecule has 13 heavy (non-hydrogen) atoms. The maximum Gasteiger partial charge on any atom is 0.332 e. The smallest absolute Gasteiger partial charge is 0.332 e. The molecule has 0 aromatic heterocycles. The topological polar surface area (TPSA) is 55.8 Å². The van der Waals surface area contributed by atoms with Crippen LogP contribution in [-0.2, 0) is 13.6 Å². The highest BCUT2D eigenvalue weighted by Crippen LogP contribution is 2.47. The Kier molecular flexibility index (Phi) is 6.60. The molecule has 0 rings (SSSR count). The van der Waals surface area contributed by atoms with Crippen LogP contribution in [0.15, 0.2) is 0 Å². The minimum atomic E-state index is -3.03. The molecule has 0 aliphatic heterocycles. The summed E-state index contributed by atoms with van der Waals surface area (Å²) >= 11 is 0. The molecule has 0 radical (unpaired) electrons. The third-order valence-electron chi connectivity index (χ3n) is 1.88. The Balaban J connectivity index is 3.87. The molecule has 1 atom stereocenters. The highest BCUT2D eigenvalue weighted by atomic mass is 31.2. The summed E-state index contributed by atoms with van der Waals surface area (Å²) in [7, 11) is -0.367. The average Bonchev–Trinajstić information content (AvgIpc) is 2.14. The number of rotatable bonds is 7. The summed E-state index contributed by atoms with van der Waals surface area (Å²) < 4.78 is 20.9. The van der Waals surface area contributed by atoms with Gasteiger partial charge in [0.1, 0.15) is 0 Å². The largest absolute Gasteiger partial charge is 0.392 e. The lowest BCUT2D eigenvalue weighted by Gasteiger charge is -2.17. The Bertz CT molecular complexity index is 164. The van der Waals surface area contributed by atoms with Crippen molar-refractivity contribution in [2.24, 2.45) is 0 Å². The van der Waals surface area contributed by atoms with Crippen molar-refractivity contribution < 1.29 is 18.7 Å². The van der Waals surface area contributed by atoms with Gasteiger partial charge in [0.15, 0.2) is 0 Å². The van der Waals surface area contributed by atoms with E-state index >= 15 is 0 Å². The molecule has 0 aliphatic rings. The maximum absolute atomic E-state index is 11.5. The Morgan fingerprint density at radius 3 is 2.31 bits per heavy atom. The van der Waals surface area contributed by atoms with Crippen molar-refractivity contribution in [3.05, 3.63) is 0 Å². The molecular weight excluding hydrogens is 191 g/mol. The van der Waals surface area contributed by atoms with Crippen molar-refractivity contribution in [2.45, 2.75) is 32.3 Å². The Labute approximate surface area is 79.8 Å². The molecule has 0 amide bonds. The third kappa shape index (κ3) is 5.42. The first-order chi connectivity index (χ1) is 6.08. The molecule has 5 heteroatoms. The predicted molar refractivity (Wildman–Crippen MR) is 52.0 cm³/mol. The summed E-state index contributed by atoms with van der Waals surface area (Å²) in [5.41, 5.74) is 0. The molecule has 1 N–H and O–H groups in total. The molecular formula is C8H19O4P. The van der Waals surface area contributed by atoms with Gasteiger partial charge in [-0.1, -0.05) is 19.8 Å². The molecule has 0 unspecified atom stereocenters. The maximum atomic E-state index is 11.5. The summed E-state index contributed by atoms with van der Waals surface area (Å²) in [4.78, 5) is 0. The molecule has 80 valence electrons. The van der Waals surface area contributed by atoms with Crippen molar-refractivity contribution in [2.75, 3.05) is 20.4 Å². The second-order valence-electron chi connectivity index (χ2n) is 2.95. The summed E-state index contributed by atoms with van der Waals surface area (Å²) in [5.74, 6) is 0. The van der Waals surface area contributed by atoms with Crippen LogP contribution in [0.2, 0.25) is 0 Å². The van der Waals surface area contributed by atoms with Crippen LogP contribution in [-0.4, -0.2) is 31.6 Å². The average molecular weight is 210 g/mol. The van der Waals surface area contributed by atoms with Crippen LogP contribution in [0.5, 0.6) is 0 Å². The standard InChI is InChI=1S/C8H19O4P/c1-4-5-6-8(9)7-13(10,11-2)12-3/h8-9H,4-7H2,1-3H3/t8-/m0/s1. The number of aliphatic hydroxyl groups is 1. The molecule has 0 aliphatic carbocycles. The Hall–Kier alpha value is 0.110. The first-order valence-electron chi connectivity index (χ1n) is 4.46. The van der Waals surface area contributed by atoms with Crippen LogP contribution in [0.4, 0.5) is 0 Å². The van der Waals surface area contributed by atoms with E-state index in [-0.39, 0.29) is 6.16 Å². The molecule has 0 fully saturated rings. The van der Waals surface area contributed by atoms with Gasteiger partial charge in [0.25, 0.3) is 0 Å². The Morgan fingerprint density at radius 2 is 1.92 bits per heavy atom. The van der Waals surface area contributed by atoms with Gasteiger partial charge in [-0.15, -0.1) is 0 Å². The molecule has 0 bridgehead atoms. The first-order valence-corrected chi connectivity index (χ1v) is 6.19. The van der Waals surface area contributed by atoms with Gasteiger partial charge in [0, 0.05) is 14.2 Å². The molecule has 0 saturated carbocycles. The van der Waals surface area contributed by atoms with Crippen LogP contribution < -0.4 is 0 Å². The number of unbranched alkanes of at least 4 members (excludes halogenated alkanes) is 1. The van der Waals surface area contributed by atoms with Gasteiger partial charge in [-0.3, -0.25) is 4.57 Å². The van der Waals surface area contributed by atoms with Crippen LogP contribution in [0.3, 0.4) is 0 Å². The zero-order valence-corrected chi connectivity index (χ0v) is 9.42. The lowest BCUT2D eigenvalue weighted by molar-refractivity contribution is 0.169. The molecule has 0 saturated heterocycles. The minimum Gasteiger partial charge on any atom is -0.392 e. The van der Waals surface area contributed by atoms with Crippen LogP contribution in [0.25, 0.3) is 0 Å². The van der Waals surface area contributed by atoms with E-state index in [9.17, 15) is 9.67 Å². The fraction of sp³-hybridized carbons (Fsp3) is 1.00. The molecule has 4 nitrogen and oxygen atoms in total. The molecule has 0 spiro atoms. The zero-order valence-electron chi connectivity index (χ0n) is 8.52. The zero-order chi connectivity index (χ0) is 10.3. The number of hydrogen-bond donors (Lipinski definition) is 1. The molecule has 0 aromatic carbocycles. The summed E-state index contributed by atoms with van der Waals surface area (Å²) in [6.45, 7) is 2.04. The van der Waals surface area contributed by atoms with Crippen molar-refractivity contribution >= 4 is 7.60 Å². The third-order valence-corrected chi connectivity index (χ3v) is 3.86. The van der Waals surface area contributed by atoms with Gasteiger partial charge in [0.2, 0.25) is 0 Å². The monoisotopic (exact) mass is 210 g/mol. The van der Waals surface area contributed by atoms with Gasteiger partial charge in [0.05, 0.1) is 12.3 Å². The van der Waals surface area contributed by atoms with E-state index in [0.29, 0.717) is 6.42 Å². The highest BCUT2D eigenvalue weighted by Gasteiger charge is 2.24. The normalized spacial score (nSPS) is 14.5. The minimum absolute atomic E-state index is 0.0833. The van der Waals surface area contributed by atoms with E-state index in [1.54, 1.807) is 0 Å². The van der Waals surface area contributed by atoms with Crippen LogP contribution in [0, 0.1) is 0 Å². The Morgan fingerprint density at radius 1 is 1.38 bits per heavy atom. The first kappa shape index (κ1) is 13.1. The van der Waals surface area contributed by atoms with Gasteiger partial charge < -0.3 is 14.2 Å². The molecule has 0 heterocycles. The quantitative estimate of drug-likeness (QED) is 0.653. The van der Waals surface area contributed by atoms with Gasteiger partial charge in [-0.2, -0.15) is 0 Å². The van der Waals surface area contributed by atoms with Gasteiger partial charge in [-0.05, 0) is 6.42 Å². The SMILES string of the molecule is CCCC[C@H](O)CP(=O)(OC)OC. The van der Waals surface area contributed by atoms with Crippen molar-refractivity contribution in [1.29, 1.82) is 0 Å². The van der Waals surface area contributed by atoms with E-state index in [4.69, 9.17) is 9.05 Å². The fourth-order valence-corrected chi connectivity index (χ4v) is 2.16. The lowest BCUT2D eigenvalue weighted by Crippen LogP contribution is -2.13. The highest BCUT2D eigenvalue weighted by molar-refractivity contribution is 7.53. The second-order valence-corrected chi connectivity index (χ2v) is 5.27. The number of hydrogen-bond acceptors (Lipinski definition) is 4. The van der Waals surface area contributed by atoms with E-state index in [2.05, 4.69) is 0 Å². The second kappa shape index (κ2) is 6.55. The van der Waals surface area contributed by atoms with E-state index in [1.165, 1.54) is 14.2 Å². The van der Waals surface area contributed by atoms with E-state index in [1.807, 2.05) is 6.92 Å². The van der Waals surface area contributed by atoms with Crippen LogP contribution in [0.1, 0.15) is 26.2 Å².